The Morgan fingerprint density at radius 2 is 1.45 bits per heavy atom. The summed E-state index contributed by atoms with van der Waals surface area (Å²) in [6.07, 6.45) is 8.91. The minimum atomic E-state index is -0.859. The number of hydrogen-bond acceptors (Lipinski definition) is 3. The lowest BCUT2D eigenvalue weighted by Crippen LogP contribution is -2.40. The van der Waals surface area contributed by atoms with Crippen molar-refractivity contribution in [3.05, 3.63) is 0 Å². The van der Waals surface area contributed by atoms with Gasteiger partial charge in [-0.05, 0) is 20.3 Å². The molecule has 3 atom stereocenters. The molecule has 4 heteroatoms. The lowest BCUT2D eigenvalue weighted by molar-refractivity contribution is -0.131. The van der Waals surface area contributed by atoms with Gasteiger partial charge in [-0.1, -0.05) is 58.3 Å². The highest BCUT2D eigenvalue weighted by Crippen LogP contribution is 2.16. The fourth-order valence-corrected chi connectivity index (χ4v) is 2.40. The summed E-state index contributed by atoms with van der Waals surface area (Å²) < 4.78 is 0. The van der Waals surface area contributed by atoms with Crippen molar-refractivity contribution in [2.45, 2.75) is 90.9 Å². The highest BCUT2D eigenvalue weighted by molar-refractivity contribution is 5.79. The van der Waals surface area contributed by atoms with Gasteiger partial charge in [0.15, 0.2) is 0 Å². The van der Waals surface area contributed by atoms with Gasteiger partial charge in [0.1, 0.15) is 6.23 Å². The summed E-state index contributed by atoms with van der Waals surface area (Å²) >= 11 is 0. The molecule has 4 nitrogen and oxygen atoms in total. The Morgan fingerprint density at radius 3 is 1.90 bits per heavy atom. The summed E-state index contributed by atoms with van der Waals surface area (Å²) in [5.41, 5.74) is 0. The van der Waals surface area contributed by atoms with Crippen molar-refractivity contribution in [3.8, 4) is 0 Å². The van der Waals surface area contributed by atoms with Crippen LogP contribution in [0.5, 0.6) is 0 Å². The number of nitrogens with one attached hydrogen (secondary N) is 1. The Bertz CT molecular complexity index is 242. The second-order valence-electron chi connectivity index (χ2n) is 5.80. The first-order chi connectivity index (χ1) is 9.49. The molecule has 120 valence electrons. The number of amides is 1. The van der Waals surface area contributed by atoms with Crippen LogP contribution in [0.15, 0.2) is 0 Å². The van der Waals surface area contributed by atoms with E-state index < -0.39 is 18.2 Å². The van der Waals surface area contributed by atoms with Crippen LogP contribution < -0.4 is 5.32 Å². The fraction of sp³-hybridized carbons (Fsp3) is 0.938. The molecule has 0 aromatic rings. The zero-order chi connectivity index (χ0) is 15.4. The maximum Gasteiger partial charge on any atom is 0.227 e. The van der Waals surface area contributed by atoms with E-state index in [4.69, 9.17) is 5.11 Å². The molecule has 0 radical (unpaired) electrons. The molecule has 0 rings (SSSR count). The highest BCUT2D eigenvalue weighted by Gasteiger charge is 2.23. The molecule has 0 aromatic heterocycles. The second kappa shape index (κ2) is 12.2. The van der Waals surface area contributed by atoms with Crippen molar-refractivity contribution in [2.24, 2.45) is 5.92 Å². The predicted octanol–water partition coefficient (Wildman–Crippen LogP) is 2.97. The van der Waals surface area contributed by atoms with Crippen LogP contribution in [0.4, 0.5) is 0 Å². The lowest BCUT2D eigenvalue weighted by atomic mass is 9.94. The number of hydrogen-bond donors (Lipinski definition) is 3. The van der Waals surface area contributed by atoms with Crippen LogP contribution in [0.2, 0.25) is 0 Å². The van der Waals surface area contributed by atoms with E-state index in [-0.39, 0.29) is 5.91 Å². The van der Waals surface area contributed by atoms with Crippen LogP contribution in [0.3, 0.4) is 0 Å². The second-order valence-corrected chi connectivity index (χ2v) is 5.80. The average molecular weight is 287 g/mol. The molecule has 20 heavy (non-hydrogen) atoms. The van der Waals surface area contributed by atoms with Crippen molar-refractivity contribution in [1.29, 1.82) is 0 Å². The molecule has 3 unspecified atom stereocenters. The Morgan fingerprint density at radius 1 is 0.950 bits per heavy atom. The Hall–Kier alpha value is -0.610. The number of aliphatic hydroxyl groups excluding tert-OH is 2. The molecular weight excluding hydrogens is 254 g/mol. The molecule has 0 fully saturated rings. The van der Waals surface area contributed by atoms with Gasteiger partial charge in [0.2, 0.25) is 5.91 Å². The smallest absolute Gasteiger partial charge is 0.227 e. The third kappa shape index (κ3) is 10.2. The summed E-state index contributed by atoms with van der Waals surface area (Å²) in [4.78, 5) is 11.8. The summed E-state index contributed by atoms with van der Waals surface area (Å²) in [6, 6.07) is 0. The van der Waals surface area contributed by atoms with E-state index in [2.05, 4.69) is 12.2 Å². The van der Waals surface area contributed by atoms with Crippen LogP contribution in [0.25, 0.3) is 0 Å². The van der Waals surface area contributed by atoms with Gasteiger partial charge in [-0.3, -0.25) is 4.79 Å². The average Bonchev–Trinajstić information content (AvgIpc) is 2.35. The van der Waals surface area contributed by atoms with Crippen LogP contribution in [0.1, 0.15) is 78.6 Å². The molecule has 0 aliphatic heterocycles. The van der Waals surface area contributed by atoms with Crippen molar-refractivity contribution in [2.75, 3.05) is 0 Å². The maximum atomic E-state index is 11.8. The third-order valence-corrected chi connectivity index (χ3v) is 3.64. The van der Waals surface area contributed by atoms with Crippen LogP contribution in [0, 0.1) is 5.92 Å². The van der Waals surface area contributed by atoms with Crippen LogP contribution in [-0.4, -0.2) is 28.5 Å². The predicted molar refractivity (Wildman–Crippen MR) is 82.2 cm³/mol. The van der Waals surface area contributed by atoms with E-state index in [0.29, 0.717) is 6.42 Å². The fourth-order valence-electron chi connectivity index (χ4n) is 2.40. The molecule has 3 N–H and O–H groups in total. The van der Waals surface area contributed by atoms with E-state index in [1.165, 1.54) is 45.4 Å². The lowest BCUT2D eigenvalue weighted by Gasteiger charge is -2.20. The van der Waals surface area contributed by atoms with Gasteiger partial charge in [-0.15, -0.1) is 0 Å². The molecule has 0 saturated heterocycles. The van der Waals surface area contributed by atoms with Gasteiger partial charge in [-0.2, -0.15) is 0 Å². The highest BCUT2D eigenvalue weighted by atomic mass is 16.3. The molecule has 0 saturated carbocycles. The SMILES string of the molecule is CCCCCCCCCCC(C(=O)NC(C)O)C(C)O. The topological polar surface area (TPSA) is 69.6 Å². The van der Waals surface area contributed by atoms with Gasteiger partial charge in [0.05, 0.1) is 12.0 Å². The van der Waals surface area contributed by atoms with Gasteiger partial charge in [0.25, 0.3) is 0 Å². The zero-order valence-corrected chi connectivity index (χ0v) is 13.4. The minimum absolute atomic E-state index is 0.252. The number of carbonyl (C=O) groups is 1. The van der Waals surface area contributed by atoms with Crippen molar-refractivity contribution in [1.82, 2.24) is 5.32 Å². The number of unbranched alkanes of at least 4 members (excludes halogenated alkanes) is 7. The van der Waals surface area contributed by atoms with E-state index in [0.717, 1.165) is 12.8 Å². The van der Waals surface area contributed by atoms with Crippen LogP contribution in [-0.2, 0) is 4.79 Å². The number of rotatable bonds is 12. The largest absolute Gasteiger partial charge is 0.393 e. The monoisotopic (exact) mass is 287 g/mol. The van der Waals surface area contributed by atoms with Crippen LogP contribution >= 0.6 is 0 Å². The normalized spacial score (nSPS) is 15.7. The van der Waals surface area contributed by atoms with Gasteiger partial charge < -0.3 is 15.5 Å². The first-order valence-corrected chi connectivity index (χ1v) is 8.15. The minimum Gasteiger partial charge on any atom is -0.393 e. The maximum absolute atomic E-state index is 11.8. The summed E-state index contributed by atoms with van der Waals surface area (Å²) in [6.45, 7) is 5.36. The first-order valence-electron chi connectivity index (χ1n) is 8.15. The van der Waals surface area contributed by atoms with E-state index >= 15 is 0 Å². The number of aliphatic hydroxyl groups is 2. The molecule has 0 bridgehead atoms. The molecule has 0 spiro atoms. The summed E-state index contributed by atoms with van der Waals surface area (Å²) in [5, 5.41) is 21.3. The molecule has 0 aromatic carbocycles. The zero-order valence-electron chi connectivity index (χ0n) is 13.4. The van der Waals surface area contributed by atoms with E-state index in [9.17, 15) is 9.90 Å². The molecule has 0 aliphatic carbocycles. The van der Waals surface area contributed by atoms with Gasteiger partial charge in [0, 0.05) is 0 Å². The van der Waals surface area contributed by atoms with Crippen molar-refractivity contribution in [3.63, 3.8) is 0 Å². The summed E-state index contributed by atoms with van der Waals surface area (Å²) in [7, 11) is 0. The molecule has 0 heterocycles. The number of carbonyl (C=O) groups excluding carboxylic acids is 1. The third-order valence-electron chi connectivity index (χ3n) is 3.64. The van der Waals surface area contributed by atoms with Gasteiger partial charge >= 0.3 is 0 Å². The van der Waals surface area contributed by atoms with E-state index in [1.807, 2.05) is 0 Å². The molecule has 1 amide bonds. The molecular formula is C16H33NO3. The Labute approximate surface area is 124 Å². The quantitative estimate of drug-likeness (QED) is 0.382. The summed E-state index contributed by atoms with van der Waals surface area (Å²) in [5.74, 6) is -0.664. The van der Waals surface area contributed by atoms with Crippen molar-refractivity contribution < 1.29 is 15.0 Å². The Kier molecular flexibility index (Phi) is 11.8. The van der Waals surface area contributed by atoms with Gasteiger partial charge in [-0.25, -0.2) is 0 Å². The molecule has 0 aliphatic rings. The van der Waals surface area contributed by atoms with Crippen molar-refractivity contribution >= 4 is 5.91 Å². The van der Waals surface area contributed by atoms with E-state index in [1.54, 1.807) is 6.92 Å². The Balaban J connectivity index is 3.74. The standard InChI is InChI=1S/C16H33NO3/c1-4-5-6-7-8-9-10-11-12-15(13(2)18)16(20)17-14(3)19/h13-15,18-19H,4-12H2,1-3H3,(H,17,20). The first kappa shape index (κ1) is 19.4.